The van der Waals surface area contributed by atoms with Crippen LogP contribution in [-0.4, -0.2) is 46.8 Å². The molecule has 0 aliphatic carbocycles. The third kappa shape index (κ3) is 6.06. The van der Waals surface area contributed by atoms with E-state index in [1.54, 1.807) is 6.07 Å². The van der Waals surface area contributed by atoms with Crippen molar-refractivity contribution in [3.63, 3.8) is 0 Å². The lowest BCUT2D eigenvalue weighted by Gasteiger charge is -2.29. The van der Waals surface area contributed by atoms with Crippen molar-refractivity contribution in [3.05, 3.63) is 29.3 Å². The fourth-order valence-corrected chi connectivity index (χ4v) is 3.75. The van der Waals surface area contributed by atoms with Gasteiger partial charge in [0.05, 0.1) is 6.61 Å². The number of imide groups is 1. The summed E-state index contributed by atoms with van der Waals surface area (Å²) in [6.45, 7) is 6.39. The van der Waals surface area contributed by atoms with Crippen LogP contribution in [0.4, 0.5) is 0 Å². The van der Waals surface area contributed by atoms with Crippen molar-refractivity contribution in [2.75, 3.05) is 6.61 Å². The normalized spacial score (nSPS) is 18.6. The van der Waals surface area contributed by atoms with Crippen LogP contribution in [0.2, 0.25) is 0 Å². The summed E-state index contributed by atoms with van der Waals surface area (Å²) in [5, 5.41) is 2.30. The topological polar surface area (TPSA) is 102 Å². The number of hydrogen-bond acceptors (Lipinski definition) is 6. The van der Waals surface area contributed by atoms with Crippen LogP contribution < -0.4 is 10.1 Å². The number of carbonyl (C=O) groups excluding carboxylic acids is 4. The summed E-state index contributed by atoms with van der Waals surface area (Å²) in [4.78, 5) is 49.5. The zero-order chi connectivity index (χ0) is 22.6. The zero-order valence-corrected chi connectivity index (χ0v) is 18.4. The molecule has 2 aliphatic rings. The van der Waals surface area contributed by atoms with E-state index in [2.05, 4.69) is 5.32 Å². The van der Waals surface area contributed by atoms with E-state index in [0.29, 0.717) is 37.3 Å². The summed E-state index contributed by atoms with van der Waals surface area (Å²) >= 11 is 0. The van der Waals surface area contributed by atoms with Gasteiger partial charge in [-0.1, -0.05) is 6.07 Å². The van der Waals surface area contributed by atoms with Gasteiger partial charge in [0, 0.05) is 24.9 Å². The molecule has 0 bridgehead atoms. The van der Waals surface area contributed by atoms with Crippen LogP contribution in [0, 0.1) is 0 Å². The number of carbonyl (C=O) groups is 4. The first-order chi connectivity index (χ1) is 14.6. The molecule has 1 aromatic carbocycles. The van der Waals surface area contributed by atoms with Crippen LogP contribution in [-0.2, 0) is 25.7 Å². The van der Waals surface area contributed by atoms with Crippen LogP contribution in [0.3, 0.4) is 0 Å². The number of unbranched alkanes of at least 4 members (excludes halogenated alkanes) is 2. The minimum absolute atomic E-state index is 0.189. The number of rotatable bonds is 8. The molecule has 1 unspecified atom stereocenters. The quantitative estimate of drug-likeness (QED) is 0.387. The van der Waals surface area contributed by atoms with Gasteiger partial charge in [-0.2, -0.15) is 0 Å². The average molecular weight is 431 g/mol. The number of fused-ring (bicyclic) bond motifs is 1. The van der Waals surface area contributed by atoms with Crippen LogP contribution in [0.15, 0.2) is 18.2 Å². The molecule has 2 aliphatic heterocycles. The van der Waals surface area contributed by atoms with Gasteiger partial charge in [-0.15, -0.1) is 0 Å². The number of piperidine rings is 1. The molecular formula is C23H30N2O6. The smallest absolute Gasteiger partial charge is 0.306 e. The number of amides is 3. The second-order valence-electron chi connectivity index (χ2n) is 8.96. The van der Waals surface area contributed by atoms with Crippen molar-refractivity contribution < 1.29 is 28.7 Å². The molecule has 3 amide bonds. The average Bonchev–Trinajstić information content (AvgIpc) is 2.99. The lowest BCUT2D eigenvalue weighted by atomic mass is 10.0. The maximum atomic E-state index is 12.8. The van der Waals surface area contributed by atoms with Crippen molar-refractivity contribution in [3.8, 4) is 5.75 Å². The van der Waals surface area contributed by atoms with Gasteiger partial charge in [0.25, 0.3) is 5.91 Å². The molecule has 168 valence electrons. The SMILES string of the molecule is CC(C)(C)OC(=O)CCCCCOc1ccc2c(c1)C(=O)N(C1CCC(=O)NC1=O)C2. The van der Waals surface area contributed by atoms with Crippen LogP contribution in [0.1, 0.15) is 75.2 Å². The highest BCUT2D eigenvalue weighted by Crippen LogP contribution is 2.30. The summed E-state index contributed by atoms with van der Waals surface area (Å²) in [5.74, 6) is -0.518. The number of nitrogens with zero attached hydrogens (tertiary/aromatic N) is 1. The number of ether oxygens (including phenoxy) is 2. The Hall–Kier alpha value is -2.90. The Balaban J connectivity index is 1.44. The highest BCUT2D eigenvalue weighted by Gasteiger charge is 2.39. The van der Waals surface area contributed by atoms with Crippen LogP contribution in [0.25, 0.3) is 0 Å². The van der Waals surface area contributed by atoms with E-state index in [0.717, 1.165) is 24.8 Å². The number of esters is 1. The summed E-state index contributed by atoms with van der Waals surface area (Å²) < 4.78 is 11.1. The van der Waals surface area contributed by atoms with E-state index in [-0.39, 0.29) is 24.2 Å². The first kappa shape index (κ1) is 22.8. The van der Waals surface area contributed by atoms with E-state index < -0.39 is 17.6 Å². The van der Waals surface area contributed by atoms with Crippen LogP contribution in [0.5, 0.6) is 5.75 Å². The molecular weight excluding hydrogens is 400 g/mol. The van der Waals surface area contributed by atoms with E-state index in [1.807, 2.05) is 32.9 Å². The van der Waals surface area contributed by atoms with E-state index in [4.69, 9.17) is 9.47 Å². The zero-order valence-electron chi connectivity index (χ0n) is 18.4. The van der Waals surface area contributed by atoms with Crippen molar-refractivity contribution >= 4 is 23.7 Å². The predicted molar refractivity (Wildman–Crippen MR) is 112 cm³/mol. The highest BCUT2D eigenvalue weighted by molar-refractivity contribution is 6.05. The summed E-state index contributed by atoms with van der Waals surface area (Å²) in [6.07, 6.45) is 3.33. The standard InChI is InChI=1S/C23H30N2O6/c1-23(2,3)31-20(27)7-5-4-6-12-30-16-9-8-15-14-25(22(29)17(15)13-16)18-10-11-19(26)24-21(18)28/h8-9,13,18H,4-7,10-12,14H2,1-3H3,(H,24,26,28). The Labute approximate surface area is 182 Å². The molecule has 3 rings (SSSR count). The lowest BCUT2D eigenvalue weighted by Crippen LogP contribution is -2.52. The second kappa shape index (κ2) is 9.49. The molecule has 2 heterocycles. The largest absolute Gasteiger partial charge is 0.494 e. The molecule has 31 heavy (non-hydrogen) atoms. The van der Waals surface area contributed by atoms with Gasteiger partial charge in [-0.3, -0.25) is 24.5 Å². The monoisotopic (exact) mass is 430 g/mol. The lowest BCUT2D eigenvalue weighted by molar-refractivity contribution is -0.155. The third-order valence-electron chi connectivity index (χ3n) is 5.21. The Morgan fingerprint density at radius 1 is 1.16 bits per heavy atom. The van der Waals surface area contributed by atoms with Crippen molar-refractivity contribution in [2.45, 2.75) is 77.5 Å². The van der Waals surface area contributed by atoms with Gasteiger partial charge in [0.1, 0.15) is 17.4 Å². The van der Waals surface area contributed by atoms with Crippen LogP contribution >= 0.6 is 0 Å². The van der Waals surface area contributed by atoms with Crippen molar-refractivity contribution in [1.29, 1.82) is 0 Å². The van der Waals surface area contributed by atoms with E-state index in [1.165, 1.54) is 4.90 Å². The van der Waals surface area contributed by atoms with Gasteiger partial charge in [0.15, 0.2) is 0 Å². The first-order valence-corrected chi connectivity index (χ1v) is 10.8. The van der Waals surface area contributed by atoms with Gasteiger partial charge in [-0.05, 0) is 64.2 Å². The minimum Gasteiger partial charge on any atom is -0.494 e. The van der Waals surface area contributed by atoms with Crippen molar-refractivity contribution in [2.24, 2.45) is 0 Å². The second-order valence-corrected chi connectivity index (χ2v) is 8.96. The summed E-state index contributed by atoms with van der Waals surface area (Å²) in [5.41, 5.74) is 0.922. The number of hydrogen-bond donors (Lipinski definition) is 1. The van der Waals surface area contributed by atoms with Gasteiger partial charge in [0.2, 0.25) is 11.8 Å². The third-order valence-corrected chi connectivity index (χ3v) is 5.21. The summed E-state index contributed by atoms with van der Waals surface area (Å²) in [6, 6.07) is 4.76. The first-order valence-electron chi connectivity index (χ1n) is 10.8. The fourth-order valence-electron chi connectivity index (χ4n) is 3.75. The molecule has 1 atom stereocenters. The maximum Gasteiger partial charge on any atom is 0.306 e. The van der Waals surface area contributed by atoms with E-state index in [9.17, 15) is 19.2 Å². The molecule has 0 spiro atoms. The van der Waals surface area contributed by atoms with Gasteiger partial charge >= 0.3 is 5.97 Å². The molecule has 1 fully saturated rings. The number of benzene rings is 1. The molecule has 0 saturated carbocycles. The molecule has 0 radical (unpaired) electrons. The molecule has 8 nitrogen and oxygen atoms in total. The van der Waals surface area contributed by atoms with Gasteiger partial charge < -0.3 is 14.4 Å². The summed E-state index contributed by atoms with van der Waals surface area (Å²) in [7, 11) is 0. The molecule has 1 aromatic rings. The molecule has 8 heteroatoms. The van der Waals surface area contributed by atoms with Gasteiger partial charge in [-0.25, -0.2) is 0 Å². The Morgan fingerprint density at radius 2 is 1.94 bits per heavy atom. The predicted octanol–water partition coefficient (Wildman–Crippen LogP) is 2.73. The Bertz CT molecular complexity index is 873. The maximum absolute atomic E-state index is 12.8. The fraction of sp³-hybridized carbons (Fsp3) is 0.565. The Morgan fingerprint density at radius 3 is 2.65 bits per heavy atom. The van der Waals surface area contributed by atoms with Crippen molar-refractivity contribution in [1.82, 2.24) is 10.2 Å². The molecule has 0 aromatic heterocycles. The number of nitrogens with one attached hydrogen (secondary N) is 1. The highest BCUT2D eigenvalue weighted by atomic mass is 16.6. The Kier molecular flexibility index (Phi) is 6.97. The minimum atomic E-state index is -0.619. The molecule has 1 saturated heterocycles. The molecule has 1 N–H and O–H groups in total. The van der Waals surface area contributed by atoms with E-state index >= 15 is 0 Å².